The van der Waals surface area contributed by atoms with E-state index < -0.39 is 0 Å². The average molecular weight is 417 g/mol. The molecule has 0 saturated heterocycles. The van der Waals surface area contributed by atoms with Crippen LogP contribution in [0.2, 0.25) is 0 Å². The number of likely N-dealkylation sites (N-methyl/N-ethyl adjacent to an activating group) is 1. The molecule has 2 aromatic carbocycles. The van der Waals surface area contributed by atoms with Gasteiger partial charge < -0.3 is 14.7 Å². The van der Waals surface area contributed by atoms with Gasteiger partial charge in [0.1, 0.15) is 12.4 Å². The van der Waals surface area contributed by atoms with Crippen molar-refractivity contribution in [1.29, 1.82) is 0 Å². The molecule has 1 N–H and O–H groups in total. The van der Waals surface area contributed by atoms with Crippen LogP contribution in [0.4, 0.5) is 0 Å². The largest absolute Gasteiger partial charge is 0.492 e. The maximum Gasteiger partial charge on any atom is 0.119 e. The number of rotatable bonds is 10. The smallest absolute Gasteiger partial charge is 0.119 e. The Hall–Kier alpha value is -2.95. The fourth-order valence-corrected chi connectivity index (χ4v) is 3.51. The van der Waals surface area contributed by atoms with Crippen LogP contribution in [-0.4, -0.2) is 48.8 Å². The fourth-order valence-electron chi connectivity index (χ4n) is 3.51. The van der Waals surface area contributed by atoms with Gasteiger partial charge in [-0.2, -0.15) is 0 Å². The van der Waals surface area contributed by atoms with E-state index in [-0.39, 0.29) is 6.61 Å². The third-order valence-corrected chi connectivity index (χ3v) is 5.19. The third-order valence-electron chi connectivity index (χ3n) is 5.19. The van der Waals surface area contributed by atoms with E-state index in [1.54, 1.807) is 6.20 Å². The maximum atomic E-state index is 9.52. The van der Waals surface area contributed by atoms with Crippen molar-refractivity contribution in [3.63, 3.8) is 0 Å². The summed E-state index contributed by atoms with van der Waals surface area (Å²) in [5, 5.41) is 9.52. The first-order valence-electron chi connectivity index (χ1n) is 10.8. The molecule has 0 aliphatic carbocycles. The van der Waals surface area contributed by atoms with Crippen molar-refractivity contribution in [2.45, 2.75) is 19.8 Å². The molecule has 0 bridgehead atoms. The summed E-state index contributed by atoms with van der Waals surface area (Å²) in [6, 6.07) is 21.0. The second-order valence-corrected chi connectivity index (χ2v) is 7.96. The number of hydrogen-bond donors (Lipinski definition) is 1. The van der Waals surface area contributed by atoms with Gasteiger partial charge in [-0.15, -0.1) is 0 Å². The predicted molar refractivity (Wildman–Crippen MR) is 128 cm³/mol. The number of pyridine rings is 1. The molecule has 3 rings (SSSR count). The number of nitrogens with zero attached hydrogens (tertiary/aromatic N) is 2. The fraction of sp³-hybridized carbons (Fsp3) is 0.296. The molecule has 0 aliphatic rings. The van der Waals surface area contributed by atoms with E-state index in [0.717, 1.165) is 35.4 Å². The molecule has 0 unspecified atom stereocenters. The van der Waals surface area contributed by atoms with Crippen LogP contribution in [0, 0.1) is 6.92 Å². The Labute approximate surface area is 185 Å². The highest BCUT2D eigenvalue weighted by molar-refractivity contribution is 5.98. The summed E-state index contributed by atoms with van der Waals surface area (Å²) in [4.78, 5) is 6.44. The minimum absolute atomic E-state index is 0.156. The maximum absolute atomic E-state index is 9.52. The first-order chi connectivity index (χ1) is 15.1. The third kappa shape index (κ3) is 6.51. The molecule has 3 aromatic rings. The van der Waals surface area contributed by atoms with E-state index in [1.807, 2.05) is 38.5 Å². The topological polar surface area (TPSA) is 45.6 Å². The molecule has 0 saturated carbocycles. The Balaban J connectivity index is 2.05. The van der Waals surface area contributed by atoms with E-state index in [1.165, 1.54) is 16.7 Å². The van der Waals surface area contributed by atoms with Crippen LogP contribution in [0.15, 0.2) is 73.1 Å². The number of aryl methyl sites for hydroxylation is 1. The summed E-state index contributed by atoms with van der Waals surface area (Å²) >= 11 is 0. The lowest BCUT2D eigenvalue weighted by Gasteiger charge is -2.18. The predicted octanol–water partition coefficient (Wildman–Crippen LogP) is 5.06. The molecule has 0 radical (unpaired) electrons. The average Bonchev–Trinajstić information content (AvgIpc) is 2.79. The highest BCUT2D eigenvalue weighted by atomic mass is 16.5. The van der Waals surface area contributed by atoms with E-state index in [4.69, 9.17) is 4.74 Å². The second kappa shape index (κ2) is 11.4. The second-order valence-electron chi connectivity index (χ2n) is 7.96. The van der Waals surface area contributed by atoms with Gasteiger partial charge in [-0.25, -0.2) is 0 Å². The van der Waals surface area contributed by atoms with Crippen molar-refractivity contribution in [3.05, 3.63) is 95.3 Å². The molecule has 4 nitrogen and oxygen atoms in total. The Bertz CT molecular complexity index is 962. The molecule has 0 fully saturated rings. The summed E-state index contributed by atoms with van der Waals surface area (Å²) < 4.78 is 5.88. The quantitative estimate of drug-likeness (QED) is 0.502. The standard InChI is InChI=1S/C27H32N2O2/c1-21-8-10-22(11-9-21)27(26(7-5-18-30)24-6-4-16-28-20-24)23-12-14-25(15-13-23)31-19-17-29(2)3/h4,6,8-16,20,30H,5,7,17-19H2,1-3H3/b27-26-. The highest BCUT2D eigenvalue weighted by Crippen LogP contribution is 2.35. The molecular formula is C27H32N2O2. The van der Waals surface area contributed by atoms with Gasteiger partial charge in [-0.05, 0) is 79.9 Å². The Morgan fingerprint density at radius 2 is 1.61 bits per heavy atom. The van der Waals surface area contributed by atoms with Crippen LogP contribution in [0.3, 0.4) is 0 Å². The van der Waals surface area contributed by atoms with Gasteiger partial charge in [0, 0.05) is 25.5 Å². The van der Waals surface area contributed by atoms with Crippen molar-refractivity contribution < 1.29 is 9.84 Å². The molecule has 0 amide bonds. The molecule has 162 valence electrons. The van der Waals surface area contributed by atoms with Crippen LogP contribution in [0.1, 0.15) is 35.1 Å². The van der Waals surface area contributed by atoms with Crippen molar-refractivity contribution in [1.82, 2.24) is 9.88 Å². The number of ether oxygens (including phenoxy) is 1. The van der Waals surface area contributed by atoms with Crippen LogP contribution in [-0.2, 0) is 0 Å². The zero-order valence-corrected chi connectivity index (χ0v) is 18.7. The van der Waals surface area contributed by atoms with E-state index in [9.17, 15) is 5.11 Å². The van der Waals surface area contributed by atoms with Crippen LogP contribution in [0.25, 0.3) is 11.1 Å². The van der Waals surface area contributed by atoms with Gasteiger partial charge in [0.25, 0.3) is 0 Å². The van der Waals surface area contributed by atoms with Gasteiger partial charge in [0.2, 0.25) is 0 Å². The molecule has 0 atom stereocenters. The van der Waals surface area contributed by atoms with Crippen molar-refractivity contribution in [2.24, 2.45) is 0 Å². The lowest BCUT2D eigenvalue weighted by atomic mass is 9.87. The summed E-state index contributed by atoms with van der Waals surface area (Å²) in [6.45, 7) is 3.79. The summed E-state index contributed by atoms with van der Waals surface area (Å²) in [5.41, 5.74) is 6.95. The number of aliphatic hydroxyl groups is 1. The highest BCUT2D eigenvalue weighted by Gasteiger charge is 2.14. The SMILES string of the molecule is Cc1ccc(/C(=C(\CCCO)c2cccnc2)c2ccc(OCCN(C)C)cc2)cc1. The first-order valence-corrected chi connectivity index (χ1v) is 10.8. The van der Waals surface area contributed by atoms with Crippen LogP contribution >= 0.6 is 0 Å². The number of hydrogen-bond acceptors (Lipinski definition) is 4. The Morgan fingerprint density at radius 1 is 0.935 bits per heavy atom. The summed E-state index contributed by atoms with van der Waals surface area (Å²) in [6.07, 6.45) is 5.16. The van der Waals surface area contributed by atoms with Gasteiger partial charge in [-0.1, -0.05) is 48.0 Å². The minimum atomic E-state index is 0.156. The zero-order valence-electron chi connectivity index (χ0n) is 18.7. The van der Waals surface area contributed by atoms with E-state index >= 15 is 0 Å². The van der Waals surface area contributed by atoms with Crippen molar-refractivity contribution in [3.8, 4) is 5.75 Å². The molecule has 31 heavy (non-hydrogen) atoms. The molecule has 1 heterocycles. The van der Waals surface area contributed by atoms with Crippen molar-refractivity contribution >= 4 is 11.1 Å². The molecule has 0 aliphatic heterocycles. The number of aromatic nitrogens is 1. The first kappa shape index (κ1) is 22.7. The van der Waals surface area contributed by atoms with E-state index in [0.29, 0.717) is 13.0 Å². The lowest BCUT2D eigenvalue weighted by Crippen LogP contribution is -2.19. The lowest BCUT2D eigenvalue weighted by molar-refractivity contribution is 0.261. The van der Waals surface area contributed by atoms with Gasteiger partial charge in [0.05, 0.1) is 0 Å². The Kier molecular flexibility index (Phi) is 8.39. The summed E-state index contributed by atoms with van der Waals surface area (Å²) in [7, 11) is 4.08. The Morgan fingerprint density at radius 3 is 2.19 bits per heavy atom. The monoisotopic (exact) mass is 416 g/mol. The van der Waals surface area contributed by atoms with Crippen LogP contribution in [0.5, 0.6) is 5.75 Å². The molecule has 4 heteroatoms. The number of allylic oxidation sites excluding steroid dienone is 1. The minimum Gasteiger partial charge on any atom is -0.492 e. The zero-order chi connectivity index (χ0) is 22.1. The van der Waals surface area contributed by atoms with Crippen molar-refractivity contribution in [2.75, 3.05) is 33.9 Å². The van der Waals surface area contributed by atoms with Gasteiger partial charge in [0.15, 0.2) is 0 Å². The van der Waals surface area contributed by atoms with Gasteiger partial charge >= 0.3 is 0 Å². The number of benzene rings is 2. The number of aliphatic hydroxyl groups excluding tert-OH is 1. The molecule has 0 spiro atoms. The molecular weight excluding hydrogens is 384 g/mol. The van der Waals surface area contributed by atoms with Crippen LogP contribution < -0.4 is 4.74 Å². The molecule has 1 aromatic heterocycles. The van der Waals surface area contributed by atoms with Gasteiger partial charge in [-0.3, -0.25) is 4.98 Å². The normalized spacial score (nSPS) is 12.0. The summed E-state index contributed by atoms with van der Waals surface area (Å²) in [5.74, 6) is 0.868. The van der Waals surface area contributed by atoms with E-state index in [2.05, 4.69) is 59.3 Å².